The van der Waals surface area contributed by atoms with Gasteiger partial charge in [-0.05, 0) is 44.2 Å². The van der Waals surface area contributed by atoms with Gasteiger partial charge in [0.25, 0.3) is 5.89 Å². The van der Waals surface area contributed by atoms with Crippen molar-refractivity contribution in [2.24, 2.45) is 5.92 Å². The maximum Gasteiger partial charge on any atom is 0.314 e. The Morgan fingerprint density at radius 1 is 1.15 bits per heavy atom. The lowest BCUT2D eigenvalue weighted by atomic mass is 9.96. The van der Waals surface area contributed by atoms with E-state index < -0.39 is 24.0 Å². The maximum atomic E-state index is 14.9. The van der Waals surface area contributed by atoms with Crippen molar-refractivity contribution in [3.05, 3.63) is 65.6 Å². The molecule has 0 aliphatic carbocycles. The topological polar surface area (TPSA) is 62.5 Å². The predicted molar refractivity (Wildman–Crippen MR) is 112 cm³/mol. The molecule has 1 saturated heterocycles. The molecule has 1 fully saturated rings. The molecule has 1 aromatic heterocycles. The molecule has 2 aromatic carbocycles. The summed E-state index contributed by atoms with van der Waals surface area (Å²) in [5.41, 5.74) is 0.626. The van der Waals surface area contributed by atoms with E-state index in [1.807, 2.05) is 13.8 Å². The minimum absolute atomic E-state index is 0.126. The van der Waals surface area contributed by atoms with Crippen LogP contribution < -0.4 is 4.90 Å². The molecule has 174 valence electrons. The number of hydrogen-bond acceptors (Lipinski definition) is 5. The van der Waals surface area contributed by atoms with Gasteiger partial charge in [0.15, 0.2) is 0 Å². The standard InChI is InChI=1S/C23H22F4N4O2/c1-13(2)30-10-16(11-30)23(32)31(18-5-3-4-17(24)9-18)12-15-7-6-14(8-19(15)25)21-28-29-22(33-21)20(26)27/h3-9,13,16,20H,10-12H2,1-2H3. The number of benzene rings is 2. The monoisotopic (exact) mass is 462 g/mol. The van der Waals surface area contributed by atoms with Crippen LogP contribution in [0, 0.1) is 17.6 Å². The molecule has 0 radical (unpaired) electrons. The molecule has 0 atom stereocenters. The number of aromatic nitrogens is 2. The number of alkyl halides is 2. The van der Waals surface area contributed by atoms with Gasteiger partial charge >= 0.3 is 6.43 Å². The molecule has 33 heavy (non-hydrogen) atoms. The van der Waals surface area contributed by atoms with Gasteiger partial charge in [0.2, 0.25) is 11.8 Å². The first-order chi connectivity index (χ1) is 15.7. The number of likely N-dealkylation sites (tertiary alicyclic amines) is 1. The van der Waals surface area contributed by atoms with Crippen molar-refractivity contribution in [2.75, 3.05) is 18.0 Å². The van der Waals surface area contributed by atoms with Crippen molar-refractivity contribution in [2.45, 2.75) is 32.9 Å². The third kappa shape index (κ3) is 4.90. The van der Waals surface area contributed by atoms with Gasteiger partial charge < -0.3 is 9.32 Å². The van der Waals surface area contributed by atoms with E-state index in [2.05, 4.69) is 15.1 Å². The van der Waals surface area contributed by atoms with Gasteiger partial charge in [-0.15, -0.1) is 10.2 Å². The number of hydrogen-bond donors (Lipinski definition) is 0. The SMILES string of the molecule is CC(C)N1CC(C(=O)N(Cc2ccc(-c3nnc(C(F)F)o3)cc2F)c2cccc(F)c2)C1. The highest BCUT2D eigenvalue weighted by Crippen LogP contribution is 2.29. The Morgan fingerprint density at radius 2 is 1.91 bits per heavy atom. The average molecular weight is 462 g/mol. The highest BCUT2D eigenvalue weighted by molar-refractivity contribution is 5.95. The molecule has 1 aliphatic rings. The summed E-state index contributed by atoms with van der Waals surface area (Å²) in [4.78, 5) is 16.7. The minimum atomic E-state index is -2.93. The largest absolute Gasteiger partial charge is 0.415 e. The number of carbonyl (C=O) groups is 1. The second-order valence-corrected chi connectivity index (χ2v) is 8.20. The molecule has 2 heterocycles. The molecule has 6 nitrogen and oxygen atoms in total. The van der Waals surface area contributed by atoms with Gasteiger partial charge in [-0.1, -0.05) is 12.1 Å². The first kappa shape index (κ1) is 22.9. The van der Waals surface area contributed by atoms with Crippen molar-refractivity contribution in [1.29, 1.82) is 0 Å². The Hall–Kier alpha value is -3.27. The second kappa shape index (κ2) is 9.30. The number of nitrogens with zero attached hydrogens (tertiary/aromatic N) is 4. The van der Waals surface area contributed by atoms with E-state index in [1.54, 1.807) is 6.07 Å². The zero-order valence-corrected chi connectivity index (χ0v) is 18.0. The summed E-state index contributed by atoms with van der Waals surface area (Å²) in [6, 6.07) is 9.82. The van der Waals surface area contributed by atoms with E-state index in [-0.39, 0.29) is 35.4 Å². The molecular formula is C23H22F4N4O2. The Morgan fingerprint density at radius 3 is 2.52 bits per heavy atom. The molecule has 1 aliphatic heterocycles. The van der Waals surface area contributed by atoms with E-state index in [0.717, 1.165) is 6.07 Å². The Labute approximate surface area is 187 Å². The van der Waals surface area contributed by atoms with E-state index in [4.69, 9.17) is 4.42 Å². The molecule has 0 N–H and O–H groups in total. The number of halogens is 4. The number of anilines is 1. The maximum absolute atomic E-state index is 14.9. The highest BCUT2D eigenvalue weighted by atomic mass is 19.3. The van der Waals surface area contributed by atoms with E-state index >= 15 is 0 Å². The lowest BCUT2D eigenvalue weighted by molar-refractivity contribution is -0.128. The Balaban J connectivity index is 1.58. The molecule has 4 rings (SSSR count). The average Bonchev–Trinajstić information content (AvgIpc) is 3.22. The summed E-state index contributed by atoms with van der Waals surface area (Å²) in [6.45, 7) is 5.10. The van der Waals surface area contributed by atoms with Crippen molar-refractivity contribution >= 4 is 11.6 Å². The molecule has 0 spiro atoms. The summed E-state index contributed by atoms with van der Waals surface area (Å²) in [7, 11) is 0. The van der Waals surface area contributed by atoms with Crippen LogP contribution in [0.5, 0.6) is 0 Å². The summed E-state index contributed by atoms with van der Waals surface area (Å²) in [5.74, 6) is -2.78. The van der Waals surface area contributed by atoms with Crippen molar-refractivity contribution < 1.29 is 26.8 Å². The second-order valence-electron chi connectivity index (χ2n) is 8.20. The van der Waals surface area contributed by atoms with Crippen molar-refractivity contribution in [1.82, 2.24) is 15.1 Å². The smallest absolute Gasteiger partial charge is 0.314 e. The van der Waals surface area contributed by atoms with Gasteiger partial charge in [0, 0.05) is 35.9 Å². The lowest BCUT2D eigenvalue weighted by Crippen LogP contribution is -2.56. The third-order valence-electron chi connectivity index (χ3n) is 5.63. The van der Waals surface area contributed by atoms with Gasteiger partial charge in [0.1, 0.15) is 11.6 Å². The fourth-order valence-corrected chi connectivity index (χ4v) is 3.67. The first-order valence-corrected chi connectivity index (χ1v) is 10.4. The quantitative estimate of drug-likeness (QED) is 0.471. The molecule has 3 aromatic rings. The van der Waals surface area contributed by atoms with Crippen LogP contribution in [0.2, 0.25) is 0 Å². The van der Waals surface area contributed by atoms with E-state index in [0.29, 0.717) is 24.8 Å². The Bertz CT molecular complexity index is 1140. The zero-order chi connectivity index (χ0) is 23.7. The fraction of sp³-hybridized carbons (Fsp3) is 0.348. The van der Waals surface area contributed by atoms with Crippen LogP contribution in [0.4, 0.5) is 23.2 Å². The number of carbonyl (C=O) groups excluding carboxylic acids is 1. The van der Waals surface area contributed by atoms with Crippen LogP contribution in [0.3, 0.4) is 0 Å². The van der Waals surface area contributed by atoms with E-state index in [9.17, 15) is 22.4 Å². The van der Waals surface area contributed by atoms with Gasteiger partial charge in [-0.25, -0.2) is 8.78 Å². The molecule has 1 amide bonds. The third-order valence-corrected chi connectivity index (χ3v) is 5.63. The number of amides is 1. The summed E-state index contributed by atoms with van der Waals surface area (Å²) >= 11 is 0. The van der Waals surface area contributed by atoms with Crippen LogP contribution in [0.25, 0.3) is 11.5 Å². The molecule has 0 saturated carbocycles. The summed E-state index contributed by atoms with van der Waals surface area (Å²) < 4.78 is 59.0. The van der Waals surface area contributed by atoms with Crippen LogP contribution in [-0.2, 0) is 11.3 Å². The predicted octanol–water partition coefficient (Wildman–Crippen LogP) is 4.83. The number of rotatable bonds is 7. The van der Waals surface area contributed by atoms with Gasteiger partial charge in [0.05, 0.1) is 12.5 Å². The van der Waals surface area contributed by atoms with Crippen LogP contribution in [-0.4, -0.2) is 40.1 Å². The van der Waals surface area contributed by atoms with Crippen LogP contribution in [0.1, 0.15) is 31.7 Å². The first-order valence-electron chi connectivity index (χ1n) is 10.4. The van der Waals surface area contributed by atoms with Crippen LogP contribution in [0.15, 0.2) is 46.9 Å². The normalized spacial score (nSPS) is 14.7. The van der Waals surface area contributed by atoms with Crippen LogP contribution >= 0.6 is 0 Å². The zero-order valence-electron chi connectivity index (χ0n) is 18.0. The van der Waals surface area contributed by atoms with Gasteiger partial charge in [-0.3, -0.25) is 9.69 Å². The lowest BCUT2D eigenvalue weighted by Gasteiger charge is -2.43. The van der Waals surface area contributed by atoms with E-state index in [1.165, 1.54) is 35.2 Å². The molecule has 10 heteroatoms. The van der Waals surface area contributed by atoms with Crippen molar-refractivity contribution in [3.63, 3.8) is 0 Å². The molecular weight excluding hydrogens is 440 g/mol. The summed E-state index contributed by atoms with van der Waals surface area (Å²) in [5, 5.41) is 6.75. The fourth-order valence-electron chi connectivity index (χ4n) is 3.67. The van der Waals surface area contributed by atoms with Crippen molar-refractivity contribution in [3.8, 4) is 11.5 Å². The van der Waals surface area contributed by atoms with Gasteiger partial charge in [-0.2, -0.15) is 8.78 Å². The highest BCUT2D eigenvalue weighted by Gasteiger charge is 2.37. The Kier molecular flexibility index (Phi) is 6.46. The molecule has 0 bridgehead atoms. The summed E-state index contributed by atoms with van der Waals surface area (Å²) in [6.07, 6.45) is -2.93. The molecule has 0 unspecified atom stereocenters. The minimum Gasteiger partial charge on any atom is -0.415 e.